The molecule has 0 radical (unpaired) electrons. The molecule has 0 spiro atoms. The fourth-order valence-electron chi connectivity index (χ4n) is 3.66. The Morgan fingerprint density at radius 1 is 1.05 bits per heavy atom. The van der Waals surface area contributed by atoms with Crippen LogP contribution >= 0.6 is 50.9 Å². The first-order chi connectivity index (χ1) is 19.2. The van der Waals surface area contributed by atoms with E-state index >= 15 is 0 Å². The fourth-order valence-corrected chi connectivity index (χ4v) is 5.69. The highest BCUT2D eigenvalue weighted by Gasteiger charge is 2.30. The first-order valence-corrected chi connectivity index (χ1v) is 14.6. The number of rotatable bonds is 9. The zero-order valence-corrected chi connectivity index (χ0v) is 25.8. The normalized spacial score (nSPS) is 15.2. The van der Waals surface area contributed by atoms with Gasteiger partial charge in [0.15, 0.2) is 16.7 Å². The molecule has 1 saturated heterocycles. The maximum atomic E-state index is 13.0. The van der Waals surface area contributed by atoms with E-state index in [9.17, 15) is 9.59 Å². The molecule has 11 heteroatoms. The largest absolute Gasteiger partial charge is 0.490 e. The molecule has 1 amide bonds. The van der Waals surface area contributed by atoms with Gasteiger partial charge in [0.25, 0.3) is 5.91 Å². The minimum absolute atomic E-state index is 0.182. The minimum atomic E-state index is -0.391. The first kappa shape index (κ1) is 30.0. The van der Waals surface area contributed by atoms with Gasteiger partial charge in [0.1, 0.15) is 6.61 Å². The third-order valence-electron chi connectivity index (χ3n) is 5.62. The van der Waals surface area contributed by atoms with Gasteiger partial charge < -0.3 is 14.2 Å². The topological polar surface area (TPSA) is 77.4 Å². The van der Waals surface area contributed by atoms with E-state index in [0.29, 0.717) is 60.6 Å². The van der Waals surface area contributed by atoms with Gasteiger partial charge in [0.2, 0.25) is 0 Å². The van der Waals surface area contributed by atoms with Crippen molar-refractivity contribution in [3.05, 3.63) is 90.7 Å². The summed E-state index contributed by atoms with van der Waals surface area (Å²) in [5.41, 5.74) is 2.58. The molecule has 3 aromatic rings. The lowest BCUT2D eigenvalue weighted by molar-refractivity contribution is -0.121. The van der Waals surface area contributed by atoms with Crippen molar-refractivity contribution in [2.75, 3.05) is 20.3 Å². The van der Waals surface area contributed by atoms with Gasteiger partial charge in [-0.1, -0.05) is 29.3 Å². The molecular weight excluding hydrogens is 639 g/mol. The average molecular weight is 664 g/mol. The van der Waals surface area contributed by atoms with Crippen LogP contribution in [-0.4, -0.2) is 42.2 Å². The van der Waals surface area contributed by atoms with Crippen LogP contribution in [0.5, 0.6) is 11.5 Å². The van der Waals surface area contributed by atoms with Crippen molar-refractivity contribution in [2.45, 2.75) is 20.5 Å². The van der Waals surface area contributed by atoms with E-state index < -0.39 is 5.97 Å². The Balaban J connectivity index is 1.55. The van der Waals surface area contributed by atoms with Crippen molar-refractivity contribution in [1.29, 1.82) is 0 Å². The van der Waals surface area contributed by atoms with Gasteiger partial charge in [0.05, 0.1) is 33.8 Å². The quantitative estimate of drug-likeness (QED) is 0.170. The van der Waals surface area contributed by atoms with Crippen LogP contribution < -0.4 is 9.47 Å². The summed E-state index contributed by atoms with van der Waals surface area (Å²) in [4.78, 5) is 31.5. The number of hydrogen-bond donors (Lipinski definition) is 0. The molecule has 4 rings (SSSR count). The van der Waals surface area contributed by atoms with E-state index in [2.05, 4.69) is 20.9 Å². The molecule has 0 bridgehead atoms. The van der Waals surface area contributed by atoms with Crippen LogP contribution in [0.25, 0.3) is 6.08 Å². The molecule has 0 aliphatic carbocycles. The van der Waals surface area contributed by atoms with Crippen LogP contribution in [-0.2, 0) is 16.1 Å². The second-order valence-electron chi connectivity index (χ2n) is 8.42. The Labute approximate surface area is 255 Å². The van der Waals surface area contributed by atoms with Crippen molar-refractivity contribution in [1.82, 2.24) is 4.90 Å². The van der Waals surface area contributed by atoms with Crippen molar-refractivity contribution < 1.29 is 23.8 Å². The summed E-state index contributed by atoms with van der Waals surface area (Å²) in [6.45, 7) is 4.58. The number of halogens is 3. The van der Waals surface area contributed by atoms with Gasteiger partial charge in [-0.2, -0.15) is 0 Å². The Morgan fingerprint density at radius 2 is 1.80 bits per heavy atom. The Kier molecular flexibility index (Phi) is 10.2. The van der Waals surface area contributed by atoms with Crippen LogP contribution in [0.3, 0.4) is 0 Å². The predicted octanol–water partition coefficient (Wildman–Crippen LogP) is 8.14. The van der Waals surface area contributed by atoms with Crippen LogP contribution in [0.4, 0.5) is 5.69 Å². The van der Waals surface area contributed by atoms with E-state index in [1.165, 1.54) is 16.7 Å². The highest BCUT2D eigenvalue weighted by Crippen LogP contribution is 2.40. The lowest BCUT2D eigenvalue weighted by Crippen LogP contribution is -2.23. The molecule has 1 fully saturated rings. The number of esters is 1. The maximum Gasteiger partial charge on any atom is 0.338 e. The van der Waals surface area contributed by atoms with Crippen LogP contribution in [0.2, 0.25) is 10.0 Å². The Morgan fingerprint density at radius 3 is 2.48 bits per heavy atom. The van der Waals surface area contributed by atoms with Gasteiger partial charge in [-0.15, -0.1) is 0 Å². The summed E-state index contributed by atoms with van der Waals surface area (Å²) < 4.78 is 17.6. The van der Waals surface area contributed by atoms with Crippen LogP contribution in [0.15, 0.2) is 69.0 Å². The highest BCUT2D eigenvalue weighted by molar-refractivity contribution is 9.10. The van der Waals surface area contributed by atoms with Gasteiger partial charge in [-0.05, 0) is 102 Å². The lowest BCUT2D eigenvalue weighted by Gasteiger charge is -2.15. The number of amides is 1. The fraction of sp³-hybridized carbons (Fsp3) is 0.207. The van der Waals surface area contributed by atoms with Crippen LogP contribution in [0.1, 0.15) is 35.3 Å². The van der Waals surface area contributed by atoms with Gasteiger partial charge in [-0.25, -0.2) is 9.79 Å². The first-order valence-electron chi connectivity index (χ1n) is 12.3. The zero-order valence-electron chi connectivity index (χ0n) is 21.9. The van der Waals surface area contributed by atoms with Gasteiger partial charge >= 0.3 is 5.97 Å². The number of aliphatic imine (C=N–C) groups is 1. The zero-order chi connectivity index (χ0) is 28.8. The average Bonchev–Trinajstić information content (AvgIpc) is 3.17. The van der Waals surface area contributed by atoms with Gasteiger partial charge in [-0.3, -0.25) is 9.69 Å². The molecule has 1 aliphatic rings. The monoisotopic (exact) mass is 662 g/mol. The number of carbonyl (C=O) groups excluding carboxylic acids is 2. The number of thioether (sulfide) groups is 1. The molecule has 0 unspecified atom stereocenters. The molecule has 0 N–H and O–H groups in total. The van der Waals surface area contributed by atoms with Crippen molar-refractivity contribution in [3.63, 3.8) is 0 Å². The number of ether oxygens (including phenoxy) is 3. The third kappa shape index (κ3) is 7.20. The van der Waals surface area contributed by atoms with E-state index in [4.69, 9.17) is 37.4 Å². The summed E-state index contributed by atoms with van der Waals surface area (Å²) in [5, 5.41) is 1.58. The second-order valence-corrected chi connectivity index (χ2v) is 11.1. The molecule has 1 heterocycles. The highest BCUT2D eigenvalue weighted by atomic mass is 79.9. The van der Waals surface area contributed by atoms with Crippen molar-refractivity contribution >= 4 is 79.7 Å². The van der Waals surface area contributed by atoms with E-state index in [0.717, 1.165) is 11.1 Å². The summed E-state index contributed by atoms with van der Waals surface area (Å²) in [7, 11) is 1.67. The standard InChI is InChI=1S/C29H25BrCl2N2O5S/c1-4-37-24-13-17(12-22(30)26(24)39-16-19-6-9-20(31)15-23(19)32)14-25-27(35)34(3)29(40-25)33-21-10-7-18(8-11-21)28(36)38-5-2/h6-15H,4-5,16H2,1-3H3. The van der Waals surface area contributed by atoms with E-state index in [1.54, 1.807) is 56.4 Å². The number of benzene rings is 3. The van der Waals surface area contributed by atoms with Gasteiger partial charge in [0, 0.05) is 22.7 Å². The van der Waals surface area contributed by atoms with Crippen molar-refractivity contribution in [2.24, 2.45) is 4.99 Å². The number of hydrogen-bond acceptors (Lipinski definition) is 7. The summed E-state index contributed by atoms with van der Waals surface area (Å²) in [5.74, 6) is 0.468. The number of amidine groups is 1. The van der Waals surface area contributed by atoms with Crippen molar-refractivity contribution in [3.8, 4) is 11.5 Å². The minimum Gasteiger partial charge on any atom is -0.490 e. The summed E-state index contributed by atoms with van der Waals surface area (Å²) in [6, 6.07) is 15.6. The second kappa shape index (κ2) is 13.6. The Bertz CT molecular complexity index is 1490. The van der Waals surface area contributed by atoms with E-state index in [-0.39, 0.29) is 12.5 Å². The smallest absolute Gasteiger partial charge is 0.338 e. The molecule has 3 aromatic carbocycles. The predicted molar refractivity (Wildman–Crippen MR) is 164 cm³/mol. The lowest BCUT2D eigenvalue weighted by atomic mass is 10.1. The summed E-state index contributed by atoms with van der Waals surface area (Å²) in [6.07, 6.45) is 1.78. The third-order valence-corrected chi connectivity index (χ3v) is 7.86. The molecule has 0 saturated carbocycles. The molecule has 0 aromatic heterocycles. The molecule has 7 nitrogen and oxygen atoms in total. The molecular formula is C29H25BrCl2N2O5S. The summed E-state index contributed by atoms with van der Waals surface area (Å²) >= 11 is 17.1. The molecule has 0 atom stereocenters. The van der Waals surface area contributed by atoms with Crippen LogP contribution in [0, 0.1) is 0 Å². The maximum absolute atomic E-state index is 13.0. The number of nitrogens with zero attached hydrogens (tertiary/aromatic N) is 2. The Hall–Kier alpha value is -2.98. The number of carbonyl (C=O) groups is 2. The number of likely N-dealkylation sites (N-methyl/N-ethyl adjacent to an activating group) is 1. The SMILES string of the molecule is CCOC(=O)c1ccc(N=C2SC(=Cc3cc(Br)c(OCc4ccc(Cl)cc4Cl)c(OCC)c3)C(=O)N2C)cc1. The molecule has 208 valence electrons. The van der Waals surface area contributed by atoms with E-state index in [1.807, 2.05) is 25.1 Å². The molecule has 1 aliphatic heterocycles. The molecule has 40 heavy (non-hydrogen) atoms.